The molecule has 1 aliphatic rings. The Hall–Kier alpha value is -3.15. The molecular formula is C21H22N2O4. The summed E-state index contributed by atoms with van der Waals surface area (Å²) in [7, 11) is 1.32. The molecule has 0 saturated carbocycles. The van der Waals surface area contributed by atoms with Crippen molar-refractivity contribution in [2.45, 2.75) is 12.8 Å². The van der Waals surface area contributed by atoms with E-state index in [1.165, 1.54) is 7.11 Å². The van der Waals surface area contributed by atoms with Crippen LogP contribution in [0.1, 0.15) is 33.6 Å². The molecule has 2 aromatic carbocycles. The summed E-state index contributed by atoms with van der Waals surface area (Å²) >= 11 is 0. The van der Waals surface area contributed by atoms with E-state index in [0.29, 0.717) is 37.1 Å². The Morgan fingerprint density at radius 3 is 2.11 bits per heavy atom. The zero-order valence-corrected chi connectivity index (χ0v) is 15.2. The molecule has 0 spiro atoms. The first kappa shape index (κ1) is 18.6. The third-order valence-corrected chi connectivity index (χ3v) is 4.75. The highest BCUT2D eigenvalue weighted by atomic mass is 16.5. The maximum Gasteiger partial charge on any atom is 0.337 e. The Morgan fingerprint density at radius 2 is 1.52 bits per heavy atom. The topological polar surface area (TPSA) is 75.7 Å². The number of nitrogens with one attached hydrogen (secondary N) is 1. The van der Waals surface area contributed by atoms with Gasteiger partial charge in [0, 0.05) is 30.3 Å². The maximum absolute atomic E-state index is 12.6. The molecule has 0 bridgehead atoms. The second kappa shape index (κ2) is 8.49. The van der Waals surface area contributed by atoms with Gasteiger partial charge in [0.15, 0.2) is 0 Å². The lowest BCUT2D eigenvalue weighted by Gasteiger charge is -2.31. The van der Waals surface area contributed by atoms with Gasteiger partial charge in [-0.3, -0.25) is 9.59 Å². The van der Waals surface area contributed by atoms with Crippen molar-refractivity contribution in [3.63, 3.8) is 0 Å². The summed E-state index contributed by atoms with van der Waals surface area (Å²) in [5.41, 5.74) is 1.71. The van der Waals surface area contributed by atoms with Crippen LogP contribution in [0, 0.1) is 5.92 Å². The molecule has 0 aliphatic carbocycles. The molecular weight excluding hydrogens is 344 g/mol. The van der Waals surface area contributed by atoms with Crippen molar-refractivity contribution in [2.75, 3.05) is 25.5 Å². The number of ether oxygens (including phenoxy) is 1. The smallest absolute Gasteiger partial charge is 0.337 e. The van der Waals surface area contributed by atoms with Crippen molar-refractivity contribution in [1.82, 2.24) is 4.90 Å². The third-order valence-electron chi connectivity index (χ3n) is 4.75. The van der Waals surface area contributed by atoms with E-state index in [9.17, 15) is 14.4 Å². The van der Waals surface area contributed by atoms with Gasteiger partial charge in [-0.05, 0) is 49.2 Å². The number of nitrogens with zero attached hydrogens (tertiary/aromatic N) is 1. The number of methoxy groups -OCH3 is 1. The minimum Gasteiger partial charge on any atom is -0.465 e. The molecule has 6 nitrogen and oxygen atoms in total. The Bertz CT molecular complexity index is 810. The van der Waals surface area contributed by atoms with Crippen molar-refractivity contribution in [1.29, 1.82) is 0 Å². The second-order valence-electron chi connectivity index (χ2n) is 6.49. The van der Waals surface area contributed by atoms with E-state index >= 15 is 0 Å². The van der Waals surface area contributed by atoms with Crippen LogP contribution >= 0.6 is 0 Å². The summed E-state index contributed by atoms with van der Waals surface area (Å²) in [4.78, 5) is 38.2. The number of amides is 2. The van der Waals surface area contributed by atoms with Crippen LogP contribution < -0.4 is 5.32 Å². The summed E-state index contributed by atoms with van der Waals surface area (Å²) in [6.45, 7) is 1.06. The van der Waals surface area contributed by atoms with Crippen LogP contribution in [-0.2, 0) is 9.53 Å². The average Bonchev–Trinajstić information content (AvgIpc) is 2.73. The van der Waals surface area contributed by atoms with E-state index in [-0.39, 0.29) is 17.7 Å². The summed E-state index contributed by atoms with van der Waals surface area (Å²) in [6.07, 6.45) is 1.26. The number of hydrogen-bond acceptors (Lipinski definition) is 4. The van der Waals surface area contributed by atoms with Crippen LogP contribution in [0.4, 0.5) is 5.69 Å². The number of hydrogen-bond donors (Lipinski definition) is 1. The molecule has 1 heterocycles. The van der Waals surface area contributed by atoms with Gasteiger partial charge >= 0.3 is 5.97 Å². The Labute approximate surface area is 158 Å². The molecule has 140 valence electrons. The van der Waals surface area contributed by atoms with Crippen molar-refractivity contribution in [3.05, 3.63) is 65.7 Å². The summed E-state index contributed by atoms with van der Waals surface area (Å²) in [5.74, 6) is -0.626. The number of benzene rings is 2. The fraction of sp³-hybridized carbons (Fsp3) is 0.286. The zero-order chi connectivity index (χ0) is 19.2. The molecule has 0 radical (unpaired) electrons. The molecule has 1 N–H and O–H groups in total. The number of rotatable bonds is 4. The third kappa shape index (κ3) is 4.53. The number of esters is 1. The maximum atomic E-state index is 12.6. The van der Waals surface area contributed by atoms with Crippen LogP contribution in [0.2, 0.25) is 0 Å². The molecule has 1 saturated heterocycles. The van der Waals surface area contributed by atoms with Crippen LogP contribution in [0.5, 0.6) is 0 Å². The first-order chi connectivity index (χ1) is 13.1. The molecule has 0 unspecified atom stereocenters. The first-order valence-corrected chi connectivity index (χ1v) is 8.92. The highest BCUT2D eigenvalue weighted by Gasteiger charge is 2.28. The SMILES string of the molecule is COC(=O)c1ccc(C(=O)N2CCC(C(=O)Nc3ccccc3)CC2)cc1. The van der Waals surface area contributed by atoms with Gasteiger partial charge in [-0.2, -0.15) is 0 Å². The molecule has 1 fully saturated rings. The lowest BCUT2D eigenvalue weighted by atomic mass is 9.95. The highest BCUT2D eigenvalue weighted by Crippen LogP contribution is 2.21. The number of para-hydroxylation sites is 1. The molecule has 3 rings (SSSR count). The van der Waals surface area contributed by atoms with Crippen molar-refractivity contribution >= 4 is 23.5 Å². The molecule has 2 aromatic rings. The van der Waals surface area contributed by atoms with Crippen molar-refractivity contribution in [2.24, 2.45) is 5.92 Å². The van der Waals surface area contributed by atoms with Gasteiger partial charge in [0.2, 0.25) is 5.91 Å². The Kier molecular flexibility index (Phi) is 5.86. The van der Waals surface area contributed by atoms with Gasteiger partial charge in [-0.1, -0.05) is 18.2 Å². The number of carbonyl (C=O) groups is 3. The largest absolute Gasteiger partial charge is 0.465 e. The number of anilines is 1. The van der Waals surface area contributed by atoms with Crippen molar-refractivity contribution in [3.8, 4) is 0 Å². The minimum absolute atomic E-state index is 0.00395. The predicted molar refractivity (Wildman–Crippen MR) is 101 cm³/mol. The van der Waals surface area contributed by atoms with E-state index in [4.69, 9.17) is 0 Å². The van der Waals surface area contributed by atoms with Crippen molar-refractivity contribution < 1.29 is 19.1 Å². The summed E-state index contributed by atoms with van der Waals surface area (Å²) < 4.78 is 4.66. The van der Waals surface area contributed by atoms with Gasteiger partial charge in [-0.25, -0.2) is 4.79 Å². The molecule has 2 amide bonds. The minimum atomic E-state index is -0.431. The molecule has 27 heavy (non-hydrogen) atoms. The first-order valence-electron chi connectivity index (χ1n) is 8.92. The Morgan fingerprint density at radius 1 is 0.926 bits per heavy atom. The van der Waals surface area contributed by atoms with E-state index < -0.39 is 5.97 Å². The fourth-order valence-corrected chi connectivity index (χ4v) is 3.16. The van der Waals surface area contributed by atoms with Gasteiger partial charge in [0.05, 0.1) is 12.7 Å². The van der Waals surface area contributed by atoms with E-state index in [1.807, 2.05) is 30.3 Å². The lowest BCUT2D eigenvalue weighted by Crippen LogP contribution is -2.41. The zero-order valence-electron chi connectivity index (χ0n) is 15.2. The quantitative estimate of drug-likeness (QED) is 0.844. The lowest BCUT2D eigenvalue weighted by molar-refractivity contribution is -0.121. The van der Waals surface area contributed by atoms with Crippen LogP contribution in [0.3, 0.4) is 0 Å². The molecule has 6 heteroatoms. The number of carbonyl (C=O) groups excluding carboxylic acids is 3. The molecule has 0 aromatic heterocycles. The van der Waals surface area contributed by atoms with Gasteiger partial charge in [0.25, 0.3) is 5.91 Å². The van der Waals surface area contributed by atoms with E-state index in [1.54, 1.807) is 29.2 Å². The number of likely N-dealkylation sites (tertiary alicyclic amines) is 1. The predicted octanol–water partition coefficient (Wildman–Crippen LogP) is 2.96. The molecule has 0 atom stereocenters. The fourth-order valence-electron chi connectivity index (χ4n) is 3.16. The number of piperidine rings is 1. The van der Waals surface area contributed by atoms with Gasteiger partial charge < -0.3 is 15.0 Å². The molecule has 1 aliphatic heterocycles. The Balaban J connectivity index is 1.54. The normalized spacial score (nSPS) is 14.5. The van der Waals surface area contributed by atoms with E-state index in [2.05, 4.69) is 10.1 Å². The van der Waals surface area contributed by atoms with Crippen LogP contribution in [0.15, 0.2) is 54.6 Å². The average molecular weight is 366 g/mol. The van der Waals surface area contributed by atoms with E-state index in [0.717, 1.165) is 5.69 Å². The van der Waals surface area contributed by atoms with Crippen LogP contribution in [-0.4, -0.2) is 42.9 Å². The highest BCUT2D eigenvalue weighted by molar-refractivity contribution is 5.97. The summed E-state index contributed by atoms with van der Waals surface area (Å²) in [6, 6.07) is 15.8. The van der Waals surface area contributed by atoms with Gasteiger partial charge in [-0.15, -0.1) is 0 Å². The summed E-state index contributed by atoms with van der Waals surface area (Å²) in [5, 5.41) is 2.92. The monoisotopic (exact) mass is 366 g/mol. The second-order valence-corrected chi connectivity index (χ2v) is 6.49. The standard InChI is InChI=1S/C21H22N2O4/c1-27-21(26)17-9-7-16(8-10-17)20(25)23-13-11-15(12-14-23)19(24)22-18-5-3-2-4-6-18/h2-10,15H,11-14H2,1H3,(H,22,24). The van der Waals surface area contributed by atoms with Crippen LogP contribution in [0.25, 0.3) is 0 Å². The van der Waals surface area contributed by atoms with Gasteiger partial charge in [0.1, 0.15) is 0 Å².